The van der Waals surface area contributed by atoms with Crippen LogP contribution in [0.4, 0.5) is 0 Å². The summed E-state index contributed by atoms with van der Waals surface area (Å²) in [6, 6.07) is 0.766. The van der Waals surface area contributed by atoms with E-state index in [1.165, 1.54) is 6.42 Å². The highest BCUT2D eigenvalue weighted by Crippen LogP contribution is 2.21. The molecule has 0 aromatic heterocycles. The molecule has 112 valence electrons. The van der Waals surface area contributed by atoms with Crippen molar-refractivity contribution < 1.29 is 8.42 Å². The number of nitrogens with zero attached hydrogens (tertiary/aromatic N) is 1. The largest absolute Gasteiger partial charge is 0.312 e. The highest BCUT2D eigenvalue weighted by atomic mass is 32.2. The second kappa shape index (κ2) is 6.55. The van der Waals surface area contributed by atoms with Crippen LogP contribution < -0.4 is 5.32 Å². The molecule has 0 aromatic carbocycles. The molecule has 3 atom stereocenters. The first kappa shape index (κ1) is 15.3. The molecule has 0 saturated carbocycles. The van der Waals surface area contributed by atoms with Gasteiger partial charge in [-0.25, -0.2) is 8.42 Å². The van der Waals surface area contributed by atoms with Crippen molar-refractivity contribution in [2.45, 2.75) is 51.6 Å². The van der Waals surface area contributed by atoms with E-state index in [1.807, 2.05) is 0 Å². The number of hydrogen-bond acceptors (Lipinski definition) is 4. The molecule has 1 N–H and O–H groups in total. The zero-order valence-corrected chi connectivity index (χ0v) is 13.1. The zero-order valence-electron chi connectivity index (χ0n) is 12.3. The molecule has 0 aliphatic carbocycles. The van der Waals surface area contributed by atoms with E-state index in [0.717, 1.165) is 38.9 Å². The second-order valence-corrected chi connectivity index (χ2v) is 8.43. The number of nitrogens with one attached hydrogen (secondary N) is 1. The maximum absolute atomic E-state index is 11.8. The Bertz CT molecular complexity index is 383. The number of hydrogen-bond donors (Lipinski definition) is 1. The van der Waals surface area contributed by atoms with Gasteiger partial charge in [-0.2, -0.15) is 0 Å². The summed E-state index contributed by atoms with van der Waals surface area (Å²) in [5, 5.41) is 3.63. The third-order valence-electron chi connectivity index (χ3n) is 4.75. The lowest BCUT2D eigenvalue weighted by atomic mass is 9.98. The van der Waals surface area contributed by atoms with Crippen molar-refractivity contribution >= 4 is 9.84 Å². The van der Waals surface area contributed by atoms with E-state index in [-0.39, 0.29) is 6.04 Å². The van der Waals surface area contributed by atoms with Gasteiger partial charge in [-0.3, -0.25) is 4.90 Å². The van der Waals surface area contributed by atoms with Crippen LogP contribution in [0.15, 0.2) is 0 Å². The minimum atomic E-state index is -2.80. The molecule has 3 unspecified atom stereocenters. The summed E-state index contributed by atoms with van der Waals surface area (Å²) in [6.07, 6.45) is 4.19. The first-order chi connectivity index (χ1) is 9.02. The topological polar surface area (TPSA) is 49.4 Å². The normalized spacial score (nSPS) is 34.6. The van der Waals surface area contributed by atoms with Crippen LogP contribution in [-0.2, 0) is 9.84 Å². The SMILES string of the molecule is CCC(C)C1CN(C2CCCS(=O)(=O)C2)CCCN1. The van der Waals surface area contributed by atoms with Gasteiger partial charge in [-0.15, -0.1) is 0 Å². The van der Waals surface area contributed by atoms with E-state index >= 15 is 0 Å². The Hall–Kier alpha value is -0.130. The summed E-state index contributed by atoms with van der Waals surface area (Å²) in [6.45, 7) is 7.63. The first-order valence-corrected chi connectivity index (χ1v) is 9.52. The third kappa shape index (κ3) is 4.17. The quantitative estimate of drug-likeness (QED) is 0.850. The van der Waals surface area contributed by atoms with Gasteiger partial charge in [0.1, 0.15) is 0 Å². The van der Waals surface area contributed by atoms with Gasteiger partial charge in [0.15, 0.2) is 9.84 Å². The van der Waals surface area contributed by atoms with Crippen molar-refractivity contribution in [3.63, 3.8) is 0 Å². The fourth-order valence-electron chi connectivity index (χ4n) is 3.26. The predicted octanol–water partition coefficient (Wildman–Crippen LogP) is 1.27. The van der Waals surface area contributed by atoms with Gasteiger partial charge in [0.05, 0.1) is 11.5 Å². The minimum Gasteiger partial charge on any atom is -0.312 e. The van der Waals surface area contributed by atoms with Gasteiger partial charge in [0.2, 0.25) is 0 Å². The van der Waals surface area contributed by atoms with E-state index < -0.39 is 9.84 Å². The monoisotopic (exact) mass is 288 g/mol. The van der Waals surface area contributed by atoms with E-state index in [9.17, 15) is 8.42 Å². The van der Waals surface area contributed by atoms with E-state index in [1.54, 1.807) is 0 Å². The lowest BCUT2D eigenvalue weighted by molar-refractivity contribution is 0.177. The first-order valence-electron chi connectivity index (χ1n) is 7.69. The van der Waals surface area contributed by atoms with Crippen LogP contribution >= 0.6 is 0 Å². The van der Waals surface area contributed by atoms with Crippen molar-refractivity contribution in [3.05, 3.63) is 0 Å². The molecule has 0 spiro atoms. The summed E-state index contributed by atoms with van der Waals surface area (Å²) in [7, 11) is -2.80. The molecule has 0 radical (unpaired) electrons. The van der Waals surface area contributed by atoms with E-state index in [0.29, 0.717) is 23.5 Å². The fourth-order valence-corrected chi connectivity index (χ4v) is 5.00. The smallest absolute Gasteiger partial charge is 0.151 e. The molecule has 2 saturated heterocycles. The van der Waals surface area contributed by atoms with Crippen molar-refractivity contribution in [3.8, 4) is 0 Å². The zero-order chi connectivity index (χ0) is 13.9. The van der Waals surface area contributed by atoms with Crippen molar-refractivity contribution in [1.29, 1.82) is 0 Å². The Balaban J connectivity index is 2.01. The van der Waals surface area contributed by atoms with Crippen molar-refractivity contribution in [2.75, 3.05) is 31.1 Å². The van der Waals surface area contributed by atoms with Gasteiger partial charge in [-0.05, 0) is 38.3 Å². The molecule has 19 heavy (non-hydrogen) atoms. The van der Waals surface area contributed by atoms with Crippen LogP contribution in [0.25, 0.3) is 0 Å². The average Bonchev–Trinajstić information content (AvgIpc) is 2.62. The van der Waals surface area contributed by atoms with Crippen LogP contribution in [0.1, 0.15) is 39.5 Å². The van der Waals surface area contributed by atoms with Crippen LogP contribution in [0.5, 0.6) is 0 Å². The van der Waals surface area contributed by atoms with Gasteiger partial charge >= 0.3 is 0 Å². The standard InChI is InChI=1S/C14H28N2O2S/c1-3-12(2)14-10-16(8-5-7-15-14)13-6-4-9-19(17,18)11-13/h12-15H,3-11H2,1-2H3. The van der Waals surface area contributed by atoms with E-state index in [4.69, 9.17) is 0 Å². The number of sulfone groups is 1. The molecule has 2 aliphatic heterocycles. The molecule has 4 nitrogen and oxygen atoms in total. The average molecular weight is 288 g/mol. The lowest BCUT2D eigenvalue weighted by Gasteiger charge is -2.36. The Kier molecular flexibility index (Phi) is 5.26. The highest BCUT2D eigenvalue weighted by Gasteiger charge is 2.32. The summed E-state index contributed by atoms with van der Waals surface area (Å²) in [5.41, 5.74) is 0. The number of rotatable bonds is 3. The summed E-state index contributed by atoms with van der Waals surface area (Å²) >= 11 is 0. The molecule has 2 rings (SSSR count). The Morgan fingerprint density at radius 2 is 2.16 bits per heavy atom. The van der Waals surface area contributed by atoms with E-state index in [2.05, 4.69) is 24.1 Å². The van der Waals surface area contributed by atoms with Crippen LogP contribution in [0, 0.1) is 5.92 Å². The second-order valence-electron chi connectivity index (χ2n) is 6.21. The molecule has 2 heterocycles. The molecule has 5 heteroatoms. The lowest BCUT2D eigenvalue weighted by Crippen LogP contribution is -2.49. The minimum absolute atomic E-state index is 0.255. The Morgan fingerprint density at radius 1 is 1.37 bits per heavy atom. The Morgan fingerprint density at radius 3 is 2.84 bits per heavy atom. The fraction of sp³-hybridized carbons (Fsp3) is 1.00. The van der Waals surface area contributed by atoms with Crippen LogP contribution in [0.3, 0.4) is 0 Å². The van der Waals surface area contributed by atoms with Gasteiger partial charge in [-0.1, -0.05) is 20.3 Å². The maximum Gasteiger partial charge on any atom is 0.151 e. The highest BCUT2D eigenvalue weighted by molar-refractivity contribution is 7.91. The van der Waals surface area contributed by atoms with Crippen molar-refractivity contribution in [2.24, 2.45) is 5.92 Å². The molecule has 0 aromatic rings. The van der Waals surface area contributed by atoms with Gasteiger partial charge in [0, 0.05) is 18.6 Å². The third-order valence-corrected chi connectivity index (χ3v) is 6.55. The Labute approximate surface area is 117 Å². The van der Waals surface area contributed by atoms with Gasteiger partial charge < -0.3 is 5.32 Å². The molecule has 2 aliphatic rings. The summed E-state index contributed by atoms with van der Waals surface area (Å²) in [4.78, 5) is 2.44. The van der Waals surface area contributed by atoms with Gasteiger partial charge in [0.25, 0.3) is 0 Å². The maximum atomic E-state index is 11.8. The predicted molar refractivity (Wildman–Crippen MR) is 79.1 cm³/mol. The van der Waals surface area contributed by atoms with Crippen LogP contribution in [-0.4, -0.2) is 56.5 Å². The molecule has 0 bridgehead atoms. The molecular formula is C14H28N2O2S. The summed E-state index contributed by atoms with van der Waals surface area (Å²) < 4.78 is 23.6. The van der Waals surface area contributed by atoms with Crippen LogP contribution in [0.2, 0.25) is 0 Å². The summed E-state index contributed by atoms with van der Waals surface area (Å²) in [5.74, 6) is 1.42. The molecule has 0 amide bonds. The molecular weight excluding hydrogens is 260 g/mol. The molecule has 2 fully saturated rings. The van der Waals surface area contributed by atoms with Crippen molar-refractivity contribution in [1.82, 2.24) is 10.2 Å².